The van der Waals surface area contributed by atoms with Gasteiger partial charge in [-0.1, -0.05) is 5.92 Å². The minimum absolute atomic E-state index is 0.0921. The normalized spacial score (nSPS) is 11.5. The van der Waals surface area contributed by atoms with Crippen molar-refractivity contribution >= 4 is 23.2 Å². The van der Waals surface area contributed by atoms with Gasteiger partial charge in [-0.05, 0) is 6.92 Å². The first-order valence-electron chi connectivity index (χ1n) is 4.00. The van der Waals surface area contributed by atoms with Crippen LogP contribution in [0, 0.1) is 12.3 Å². The van der Waals surface area contributed by atoms with Crippen LogP contribution in [0.5, 0.6) is 0 Å². The summed E-state index contributed by atoms with van der Waals surface area (Å²) in [6.45, 7) is 1.64. The van der Waals surface area contributed by atoms with E-state index in [1.807, 2.05) is 0 Å². The maximum absolute atomic E-state index is 11.4. The molecule has 1 aromatic rings. The van der Waals surface area contributed by atoms with Gasteiger partial charge in [0.1, 0.15) is 0 Å². The lowest BCUT2D eigenvalue weighted by Crippen LogP contribution is -2.31. The first-order chi connectivity index (χ1) is 7.04. The lowest BCUT2D eigenvalue weighted by atomic mass is 10.3. The van der Waals surface area contributed by atoms with Crippen molar-refractivity contribution in [2.75, 3.05) is 0 Å². The summed E-state index contributed by atoms with van der Waals surface area (Å²) >= 11 is 0.966. The Morgan fingerprint density at radius 2 is 2.40 bits per heavy atom. The summed E-state index contributed by atoms with van der Waals surface area (Å²) in [5.74, 6) is 0.706. The average molecular weight is 224 g/mol. The molecule has 1 unspecified atom stereocenters. The quantitative estimate of drug-likeness (QED) is 0.736. The molecule has 5 nitrogen and oxygen atoms in total. The largest absolute Gasteiger partial charge is 0.476 e. The van der Waals surface area contributed by atoms with Crippen LogP contribution in [0.3, 0.4) is 0 Å². The Morgan fingerprint density at radius 3 is 2.87 bits per heavy atom. The van der Waals surface area contributed by atoms with Crippen molar-refractivity contribution < 1.29 is 14.7 Å². The van der Waals surface area contributed by atoms with Gasteiger partial charge >= 0.3 is 5.97 Å². The molecular weight excluding hydrogens is 216 g/mol. The molecule has 0 radical (unpaired) electrons. The number of terminal acetylenes is 1. The van der Waals surface area contributed by atoms with Crippen LogP contribution in [-0.4, -0.2) is 28.0 Å². The molecule has 0 aromatic carbocycles. The number of hydrogen-bond donors (Lipinski definition) is 2. The van der Waals surface area contributed by atoms with Gasteiger partial charge in [0, 0.05) is 5.38 Å². The van der Waals surface area contributed by atoms with Gasteiger partial charge in [-0.2, -0.15) is 0 Å². The molecule has 1 aromatic heterocycles. The van der Waals surface area contributed by atoms with Gasteiger partial charge in [-0.25, -0.2) is 9.78 Å². The fourth-order valence-corrected chi connectivity index (χ4v) is 1.47. The highest BCUT2D eigenvalue weighted by atomic mass is 32.1. The molecule has 1 rings (SSSR count). The molecule has 0 saturated carbocycles. The summed E-state index contributed by atoms with van der Waals surface area (Å²) in [4.78, 5) is 25.5. The molecule has 0 fully saturated rings. The molecule has 0 spiro atoms. The maximum Gasteiger partial charge on any atom is 0.355 e. The highest BCUT2D eigenvalue weighted by Gasteiger charge is 2.15. The molecule has 1 amide bonds. The van der Waals surface area contributed by atoms with Gasteiger partial charge in [0.2, 0.25) is 0 Å². The van der Waals surface area contributed by atoms with Gasteiger partial charge in [0.05, 0.1) is 6.04 Å². The Bertz CT molecular complexity index is 433. The van der Waals surface area contributed by atoms with Crippen molar-refractivity contribution in [1.29, 1.82) is 0 Å². The highest BCUT2D eigenvalue weighted by molar-refractivity contribution is 7.11. The number of thiazole rings is 1. The Labute approximate surface area is 90.1 Å². The minimum Gasteiger partial charge on any atom is -0.476 e. The number of amides is 1. The van der Waals surface area contributed by atoms with Crippen LogP contribution >= 0.6 is 11.3 Å². The summed E-state index contributed by atoms with van der Waals surface area (Å²) in [5, 5.41) is 12.5. The van der Waals surface area contributed by atoms with Crippen LogP contribution in [0.2, 0.25) is 0 Å². The first-order valence-corrected chi connectivity index (χ1v) is 4.88. The van der Waals surface area contributed by atoms with E-state index in [4.69, 9.17) is 11.5 Å². The van der Waals surface area contributed by atoms with Crippen molar-refractivity contribution in [3.8, 4) is 12.3 Å². The number of nitrogens with zero attached hydrogens (tertiary/aromatic N) is 1. The zero-order valence-corrected chi connectivity index (χ0v) is 8.67. The zero-order chi connectivity index (χ0) is 11.4. The van der Waals surface area contributed by atoms with E-state index in [-0.39, 0.29) is 10.7 Å². The summed E-state index contributed by atoms with van der Waals surface area (Å²) in [7, 11) is 0. The third-order valence-electron chi connectivity index (χ3n) is 1.52. The Balaban J connectivity index is 2.75. The molecule has 15 heavy (non-hydrogen) atoms. The van der Waals surface area contributed by atoms with E-state index >= 15 is 0 Å². The van der Waals surface area contributed by atoms with Gasteiger partial charge < -0.3 is 10.4 Å². The second kappa shape index (κ2) is 4.57. The first kappa shape index (κ1) is 11.2. The molecule has 0 aliphatic carbocycles. The van der Waals surface area contributed by atoms with E-state index in [1.165, 1.54) is 5.38 Å². The topological polar surface area (TPSA) is 79.3 Å². The molecule has 1 atom stereocenters. The molecular formula is C9H8N2O3S. The zero-order valence-electron chi connectivity index (χ0n) is 7.85. The van der Waals surface area contributed by atoms with Crippen LogP contribution in [0.4, 0.5) is 0 Å². The number of nitrogens with one attached hydrogen (secondary N) is 1. The second-order valence-corrected chi connectivity index (χ2v) is 3.56. The third kappa shape index (κ3) is 2.79. The average Bonchev–Trinajstić information content (AvgIpc) is 2.66. The predicted molar refractivity (Wildman–Crippen MR) is 54.8 cm³/mol. The molecule has 6 heteroatoms. The summed E-state index contributed by atoms with van der Waals surface area (Å²) in [6, 6.07) is -0.408. The fraction of sp³-hybridized carbons (Fsp3) is 0.222. The van der Waals surface area contributed by atoms with Crippen molar-refractivity contribution in [1.82, 2.24) is 10.3 Å². The number of aromatic nitrogens is 1. The van der Waals surface area contributed by atoms with E-state index in [1.54, 1.807) is 6.92 Å². The van der Waals surface area contributed by atoms with Crippen molar-refractivity contribution in [2.24, 2.45) is 0 Å². The van der Waals surface area contributed by atoms with Crippen molar-refractivity contribution in [2.45, 2.75) is 13.0 Å². The number of aromatic carboxylic acids is 1. The SMILES string of the molecule is C#CC(C)NC(=O)c1nc(C(=O)O)cs1. The van der Waals surface area contributed by atoms with Crippen LogP contribution in [0.25, 0.3) is 0 Å². The van der Waals surface area contributed by atoms with E-state index in [0.717, 1.165) is 11.3 Å². The number of carboxylic acids is 1. The van der Waals surface area contributed by atoms with E-state index in [9.17, 15) is 9.59 Å². The van der Waals surface area contributed by atoms with Crippen LogP contribution in [0.1, 0.15) is 27.2 Å². The van der Waals surface area contributed by atoms with Gasteiger partial charge in [0.25, 0.3) is 5.91 Å². The molecule has 0 aliphatic rings. The number of carbonyl (C=O) groups excluding carboxylic acids is 1. The third-order valence-corrected chi connectivity index (χ3v) is 2.36. The van der Waals surface area contributed by atoms with Crippen molar-refractivity contribution in [3.05, 3.63) is 16.1 Å². The van der Waals surface area contributed by atoms with Crippen LogP contribution < -0.4 is 5.32 Å². The molecule has 0 bridgehead atoms. The molecule has 0 aliphatic heterocycles. The van der Waals surface area contributed by atoms with Crippen LogP contribution in [-0.2, 0) is 0 Å². The Hall–Kier alpha value is -1.87. The smallest absolute Gasteiger partial charge is 0.355 e. The summed E-state index contributed by atoms with van der Waals surface area (Å²) in [5.41, 5.74) is -0.140. The number of rotatable bonds is 3. The standard InChI is InChI=1S/C9H8N2O3S/c1-3-5(2)10-7(12)8-11-6(4-15-8)9(13)14/h1,4-5H,2H3,(H,10,12)(H,13,14). The van der Waals surface area contributed by atoms with Gasteiger partial charge in [-0.3, -0.25) is 4.79 Å². The fourth-order valence-electron chi connectivity index (χ4n) is 0.776. The van der Waals surface area contributed by atoms with Gasteiger partial charge in [-0.15, -0.1) is 17.8 Å². The number of carbonyl (C=O) groups is 2. The van der Waals surface area contributed by atoms with E-state index in [2.05, 4.69) is 16.2 Å². The van der Waals surface area contributed by atoms with Gasteiger partial charge in [0.15, 0.2) is 10.7 Å². The van der Waals surface area contributed by atoms with Crippen molar-refractivity contribution in [3.63, 3.8) is 0 Å². The molecule has 78 valence electrons. The van der Waals surface area contributed by atoms with E-state index in [0.29, 0.717) is 0 Å². The minimum atomic E-state index is -1.16. The maximum atomic E-state index is 11.4. The Kier molecular flexibility index (Phi) is 3.42. The lowest BCUT2D eigenvalue weighted by Gasteiger charge is -2.04. The Morgan fingerprint density at radius 1 is 1.73 bits per heavy atom. The predicted octanol–water partition coefficient (Wildman–Crippen LogP) is 0.593. The lowest BCUT2D eigenvalue weighted by molar-refractivity contribution is 0.0691. The number of hydrogen-bond acceptors (Lipinski definition) is 4. The van der Waals surface area contributed by atoms with Crippen LogP contribution in [0.15, 0.2) is 5.38 Å². The second-order valence-electron chi connectivity index (χ2n) is 2.70. The summed E-state index contributed by atoms with van der Waals surface area (Å²) < 4.78 is 0. The highest BCUT2D eigenvalue weighted by Crippen LogP contribution is 2.09. The molecule has 0 saturated heterocycles. The monoisotopic (exact) mass is 224 g/mol. The number of carboxylic acid groups (broad SMARTS) is 1. The summed E-state index contributed by atoms with van der Waals surface area (Å²) in [6.07, 6.45) is 5.08. The molecule has 2 N–H and O–H groups in total. The molecule has 1 heterocycles. The van der Waals surface area contributed by atoms with E-state index < -0.39 is 17.9 Å².